The van der Waals surface area contributed by atoms with Gasteiger partial charge in [0.15, 0.2) is 6.10 Å². The summed E-state index contributed by atoms with van der Waals surface area (Å²) < 4.78 is 9.74. The first kappa shape index (κ1) is 11.8. The van der Waals surface area contributed by atoms with Gasteiger partial charge in [-0.3, -0.25) is 4.79 Å². The fourth-order valence-electron chi connectivity index (χ4n) is 1.10. The van der Waals surface area contributed by atoms with Gasteiger partial charge in [-0.2, -0.15) is 0 Å². The van der Waals surface area contributed by atoms with Crippen LogP contribution in [-0.4, -0.2) is 56.9 Å². The molecule has 6 nitrogen and oxygen atoms in total. The van der Waals surface area contributed by atoms with E-state index in [2.05, 4.69) is 5.32 Å². The lowest BCUT2D eigenvalue weighted by molar-refractivity contribution is -0.146. The molecule has 0 unspecified atom stereocenters. The lowest BCUT2D eigenvalue weighted by Crippen LogP contribution is -2.24. The number of cyclic esters (lactones) is 1. The molecule has 86 valence electrons. The monoisotopic (exact) mass is 216 g/mol. The molecule has 1 amide bonds. The minimum absolute atomic E-state index is 0.130. The molecular weight excluding hydrogens is 200 g/mol. The van der Waals surface area contributed by atoms with Gasteiger partial charge in [0.1, 0.15) is 6.61 Å². The summed E-state index contributed by atoms with van der Waals surface area (Å²) in [6.45, 7) is 1.19. The van der Waals surface area contributed by atoms with Gasteiger partial charge in [-0.05, 0) is 14.1 Å². The van der Waals surface area contributed by atoms with Crippen molar-refractivity contribution in [2.24, 2.45) is 0 Å². The number of alkyl carbamates (subject to hydrolysis) is 1. The van der Waals surface area contributed by atoms with Crippen LogP contribution in [0.4, 0.5) is 4.79 Å². The van der Waals surface area contributed by atoms with Gasteiger partial charge in [-0.1, -0.05) is 0 Å². The Labute approximate surface area is 88.5 Å². The average molecular weight is 216 g/mol. The first-order valence-corrected chi connectivity index (χ1v) is 4.83. The molecule has 0 aliphatic carbocycles. The van der Waals surface area contributed by atoms with Gasteiger partial charge in [0, 0.05) is 6.54 Å². The fourth-order valence-corrected chi connectivity index (χ4v) is 1.10. The van der Waals surface area contributed by atoms with Crippen LogP contribution in [0.2, 0.25) is 0 Å². The van der Waals surface area contributed by atoms with Crippen molar-refractivity contribution >= 4 is 12.1 Å². The van der Waals surface area contributed by atoms with Crippen LogP contribution in [0.3, 0.4) is 0 Å². The quantitative estimate of drug-likeness (QED) is 0.633. The minimum atomic E-state index is -0.454. The van der Waals surface area contributed by atoms with E-state index < -0.39 is 6.09 Å². The van der Waals surface area contributed by atoms with E-state index in [9.17, 15) is 9.59 Å². The van der Waals surface area contributed by atoms with Crippen molar-refractivity contribution in [1.82, 2.24) is 10.2 Å². The van der Waals surface area contributed by atoms with Crippen molar-refractivity contribution in [2.75, 3.05) is 33.8 Å². The molecule has 1 aliphatic heterocycles. The van der Waals surface area contributed by atoms with Gasteiger partial charge in [-0.25, -0.2) is 4.79 Å². The van der Waals surface area contributed by atoms with E-state index in [-0.39, 0.29) is 18.7 Å². The number of carbonyl (C=O) groups is 2. The summed E-state index contributed by atoms with van der Waals surface area (Å²) >= 11 is 0. The summed E-state index contributed by atoms with van der Waals surface area (Å²) in [6, 6.07) is 0. The highest BCUT2D eigenvalue weighted by Crippen LogP contribution is 2.01. The topological polar surface area (TPSA) is 67.9 Å². The Morgan fingerprint density at radius 3 is 2.93 bits per heavy atom. The van der Waals surface area contributed by atoms with Crippen LogP contribution in [0.25, 0.3) is 0 Å². The van der Waals surface area contributed by atoms with Crippen LogP contribution in [0.15, 0.2) is 0 Å². The molecule has 0 aromatic carbocycles. The van der Waals surface area contributed by atoms with E-state index in [4.69, 9.17) is 9.47 Å². The average Bonchev–Trinajstić information content (AvgIpc) is 2.58. The minimum Gasteiger partial charge on any atom is -0.462 e. The van der Waals surface area contributed by atoms with Crippen molar-refractivity contribution < 1.29 is 19.1 Å². The van der Waals surface area contributed by atoms with E-state index in [0.29, 0.717) is 19.5 Å². The summed E-state index contributed by atoms with van der Waals surface area (Å²) in [4.78, 5) is 23.7. The smallest absolute Gasteiger partial charge is 0.407 e. The second-order valence-electron chi connectivity index (χ2n) is 3.64. The molecule has 0 saturated carbocycles. The third kappa shape index (κ3) is 4.64. The van der Waals surface area contributed by atoms with Crippen LogP contribution in [0.5, 0.6) is 0 Å². The van der Waals surface area contributed by atoms with E-state index in [1.54, 1.807) is 0 Å². The van der Waals surface area contributed by atoms with E-state index >= 15 is 0 Å². The molecular formula is C9H16N2O4. The van der Waals surface area contributed by atoms with Gasteiger partial charge < -0.3 is 19.7 Å². The second-order valence-corrected chi connectivity index (χ2v) is 3.64. The molecule has 6 heteroatoms. The number of nitrogens with one attached hydrogen (secondary N) is 1. The summed E-state index contributed by atoms with van der Waals surface area (Å²) in [7, 11) is 3.77. The summed E-state index contributed by atoms with van der Waals surface area (Å²) in [6.07, 6.45) is -0.452. The molecule has 0 spiro atoms. The van der Waals surface area contributed by atoms with Crippen LogP contribution < -0.4 is 5.32 Å². The van der Waals surface area contributed by atoms with Crippen molar-refractivity contribution in [3.63, 3.8) is 0 Å². The van der Waals surface area contributed by atoms with Gasteiger partial charge in [0.05, 0.1) is 13.0 Å². The Kier molecular flexibility index (Phi) is 4.36. The van der Waals surface area contributed by atoms with Crippen LogP contribution in [0.1, 0.15) is 6.42 Å². The number of nitrogens with zero attached hydrogens (tertiary/aromatic N) is 1. The zero-order chi connectivity index (χ0) is 11.3. The highest BCUT2D eigenvalue weighted by atomic mass is 16.6. The first-order valence-electron chi connectivity index (χ1n) is 4.83. The van der Waals surface area contributed by atoms with E-state index in [1.165, 1.54) is 0 Å². The Bertz CT molecular complexity index is 242. The predicted molar refractivity (Wildman–Crippen MR) is 52.4 cm³/mol. The molecule has 1 aliphatic rings. The maximum absolute atomic E-state index is 11.2. The fraction of sp³-hybridized carbons (Fsp3) is 0.778. The van der Waals surface area contributed by atoms with E-state index in [0.717, 1.165) is 0 Å². The molecule has 1 fully saturated rings. The van der Waals surface area contributed by atoms with Crippen LogP contribution in [-0.2, 0) is 14.3 Å². The normalized spacial score (nSPS) is 19.9. The van der Waals surface area contributed by atoms with Gasteiger partial charge in [0.25, 0.3) is 0 Å². The molecule has 0 aromatic rings. The number of rotatable bonds is 5. The highest BCUT2D eigenvalue weighted by molar-refractivity contribution is 5.70. The lowest BCUT2D eigenvalue weighted by Gasteiger charge is -2.11. The maximum atomic E-state index is 11.2. The first-order chi connectivity index (χ1) is 7.08. The highest BCUT2D eigenvalue weighted by Gasteiger charge is 2.23. The molecule has 1 atom stereocenters. The largest absolute Gasteiger partial charge is 0.462 e. The standard InChI is InChI=1S/C9H16N2O4/c1-11(2)4-3-8(12)14-6-7-5-10-9(13)15-7/h7H,3-6H2,1-2H3,(H,10,13)/t7-/m1/s1. The molecule has 1 N–H and O–H groups in total. The number of ether oxygens (including phenoxy) is 2. The third-order valence-electron chi connectivity index (χ3n) is 1.94. The third-order valence-corrected chi connectivity index (χ3v) is 1.94. The van der Waals surface area contributed by atoms with E-state index in [1.807, 2.05) is 19.0 Å². The van der Waals surface area contributed by atoms with Crippen LogP contribution >= 0.6 is 0 Å². The van der Waals surface area contributed by atoms with Crippen molar-refractivity contribution in [2.45, 2.75) is 12.5 Å². The Morgan fingerprint density at radius 2 is 2.40 bits per heavy atom. The zero-order valence-corrected chi connectivity index (χ0v) is 8.99. The van der Waals surface area contributed by atoms with Gasteiger partial charge >= 0.3 is 12.1 Å². The molecule has 15 heavy (non-hydrogen) atoms. The Balaban J connectivity index is 2.09. The van der Waals surface area contributed by atoms with Crippen molar-refractivity contribution in [3.8, 4) is 0 Å². The maximum Gasteiger partial charge on any atom is 0.407 e. The number of esters is 1. The van der Waals surface area contributed by atoms with Crippen molar-refractivity contribution in [1.29, 1.82) is 0 Å². The molecule has 0 bridgehead atoms. The molecule has 0 radical (unpaired) electrons. The molecule has 0 aromatic heterocycles. The number of hydrogen-bond acceptors (Lipinski definition) is 5. The second kappa shape index (κ2) is 5.55. The predicted octanol–water partition coefficient (Wildman–Crippen LogP) is -0.410. The summed E-state index contributed by atoms with van der Waals surface area (Å²) in [5, 5.41) is 2.48. The Hall–Kier alpha value is -1.30. The summed E-state index contributed by atoms with van der Waals surface area (Å²) in [5.74, 6) is -0.272. The Morgan fingerprint density at radius 1 is 1.67 bits per heavy atom. The molecule has 1 saturated heterocycles. The molecule has 1 heterocycles. The molecule has 1 rings (SSSR count). The number of carbonyl (C=O) groups excluding carboxylic acids is 2. The lowest BCUT2D eigenvalue weighted by atomic mass is 10.4. The van der Waals surface area contributed by atoms with Gasteiger partial charge in [0.2, 0.25) is 0 Å². The SMILES string of the molecule is CN(C)CCC(=O)OC[C@H]1CNC(=O)O1. The van der Waals surface area contributed by atoms with Crippen LogP contribution in [0, 0.1) is 0 Å². The van der Waals surface area contributed by atoms with Crippen molar-refractivity contribution in [3.05, 3.63) is 0 Å². The number of amides is 1. The summed E-state index contributed by atoms with van der Waals surface area (Å²) in [5.41, 5.74) is 0. The zero-order valence-electron chi connectivity index (χ0n) is 8.99. The van der Waals surface area contributed by atoms with Gasteiger partial charge in [-0.15, -0.1) is 0 Å². The number of hydrogen-bond donors (Lipinski definition) is 1.